The molecule has 1 fully saturated rings. The molecule has 1 aliphatic heterocycles. The van der Waals surface area contributed by atoms with E-state index in [2.05, 4.69) is 5.32 Å². The first kappa shape index (κ1) is 8.26. The van der Waals surface area contributed by atoms with Crippen LogP contribution >= 0.6 is 0 Å². The highest BCUT2D eigenvalue weighted by molar-refractivity contribution is 5.83. The number of hydrogen-bond donors (Lipinski definition) is 2. The summed E-state index contributed by atoms with van der Waals surface area (Å²) in [6, 6.07) is 9.38. The number of hydrogen-bond acceptors (Lipinski definition) is 2. The van der Waals surface area contributed by atoms with Crippen LogP contribution in [0.2, 0.25) is 0 Å². The van der Waals surface area contributed by atoms with Crippen LogP contribution < -0.4 is 5.32 Å². The van der Waals surface area contributed by atoms with Crippen molar-refractivity contribution in [3.63, 3.8) is 0 Å². The van der Waals surface area contributed by atoms with Crippen LogP contribution in [0.15, 0.2) is 30.3 Å². The van der Waals surface area contributed by atoms with Crippen molar-refractivity contribution in [3.05, 3.63) is 35.9 Å². The Labute approximate surface area is 76.4 Å². The molecule has 1 aromatic rings. The van der Waals surface area contributed by atoms with E-state index in [0.717, 1.165) is 5.56 Å². The summed E-state index contributed by atoms with van der Waals surface area (Å²) in [5.74, 6) is -0.738. The normalized spacial score (nSPS) is 19.1. The van der Waals surface area contributed by atoms with Gasteiger partial charge in [-0.05, 0) is 5.56 Å². The molecule has 0 spiro atoms. The van der Waals surface area contributed by atoms with Gasteiger partial charge in [-0.25, -0.2) is 0 Å². The fourth-order valence-corrected chi connectivity index (χ4v) is 1.61. The summed E-state index contributed by atoms with van der Waals surface area (Å²) in [6.07, 6.45) is 0. The molecule has 0 aromatic heterocycles. The second-order valence-electron chi connectivity index (χ2n) is 3.36. The largest absolute Gasteiger partial charge is 0.481 e. The van der Waals surface area contributed by atoms with E-state index in [1.807, 2.05) is 30.3 Å². The molecule has 2 N–H and O–H groups in total. The molecule has 0 aliphatic carbocycles. The molecular formula is C10H11NO2. The number of carboxylic acids is 1. The minimum absolute atomic E-state index is 0.534. The fourth-order valence-electron chi connectivity index (χ4n) is 1.61. The maximum Gasteiger partial charge on any atom is 0.316 e. The fraction of sp³-hybridized carbons (Fsp3) is 0.300. The minimum Gasteiger partial charge on any atom is -0.481 e. The lowest BCUT2D eigenvalue weighted by Gasteiger charge is -2.38. The second-order valence-corrected chi connectivity index (χ2v) is 3.36. The van der Waals surface area contributed by atoms with E-state index in [4.69, 9.17) is 5.11 Å². The van der Waals surface area contributed by atoms with E-state index < -0.39 is 11.4 Å². The van der Waals surface area contributed by atoms with Crippen molar-refractivity contribution >= 4 is 5.97 Å². The molecule has 0 radical (unpaired) electrons. The van der Waals surface area contributed by atoms with Crippen molar-refractivity contribution in [1.82, 2.24) is 5.32 Å². The van der Waals surface area contributed by atoms with E-state index in [-0.39, 0.29) is 0 Å². The highest BCUT2D eigenvalue weighted by atomic mass is 16.4. The van der Waals surface area contributed by atoms with Gasteiger partial charge < -0.3 is 10.4 Å². The van der Waals surface area contributed by atoms with Crippen LogP contribution in [0, 0.1) is 0 Å². The third-order valence-corrected chi connectivity index (χ3v) is 2.59. The van der Waals surface area contributed by atoms with Crippen molar-refractivity contribution in [1.29, 1.82) is 0 Å². The summed E-state index contributed by atoms with van der Waals surface area (Å²) in [7, 11) is 0. The van der Waals surface area contributed by atoms with Gasteiger partial charge in [-0.1, -0.05) is 30.3 Å². The van der Waals surface area contributed by atoms with Crippen LogP contribution in [0.1, 0.15) is 5.56 Å². The predicted molar refractivity (Wildman–Crippen MR) is 48.6 cm³/mol. The zero-order valence-corrected chi connectivity index (χ0v) is 7.16. The lowest BCUT2D eigenvalue weighted by Crippen LogP contribution is -2.61. The van der Waals surface area contributed by atoms with E-state index >= 15 is 0 Å². The summed E-state index contributed by atoms with van der Waals surface area (Å²) in [6.45, 7) is 1.07. The van der Waals surface area contributed by atoms with Crippen molar-refractivity contribution in [2.24, 2.45) is 0 Å². The molecule has 3 nitrogen and oxygen atoms in total. The number of aliphatic carboxylic acids is 1. The molecule has 13 heavy (non-hydrogen) atoms. The standard InChI is InChI=1S/C10H11NO2/c12-9(13)10(6-11-7-10)8-4-2-1-3-5-8/h1-5,11H,6-7H2,(H,12,13). The van der Waals surface area contributed by atoms with Gasteiger partial charge in [0.2, 0.25) is 0 Å². The maximum absolute atomic E-state index is 11.1. The molecule has 1 aliphatic rings. The summed E-state index contributed by atoms with van der Waals surface area (Å²) in [4.78, 5) is 11.1. The molecule has 1 heterocycles. The van der Waals surface area contributed by atoms with Crippen molar-refractivity contribution in [3.8, 4) is 0 Å². The van der Waals surface area contributed by atoms with E-state index in [1.54, 1.807) is 0 Å². The minimum atomic E-state index is -0.738. The molecule has 68 valence electrons. The third kappa shape index (κ3) is 1.12. The van der Waals surface area contributed by atoms with Gasteiger partial charge in [0.05, 0.1) is 0 Å². The smallest absolute Gasteiger partial charge is 0.316 e. The van der Waals surface area contributed by atoms with Gasteiger partial charge >= 0.3 is 5.97 Å². The first-order chi connectivity index (χ1) is 6.26. The van der Waals surface area contributed by atoms with Crippen LogP contribution in [0.5, 0.6) is 0 Å². The van der Waals surface area contributed by atoms with Crippen molar-refractivity contribution < 1.29 is 9.90 Å². The first-order valence-corrected chi connectivity index (χ1v) is 4.25. The summed E-state index contributed by atoms with van der Waals surface area (Å²) < 4.78 is 0. The zero-order chi connectivity index (χ0) is 9.31. The van der Waals surface area contributed by atoms with E-state index in [9.17, 15) is 4.79 Å². The summed E-state index contributed by atoms with van der Waals surface area (Å²) in [5.41, 5.74) is 0.211. The summed E-state index contributed by atoms with van der Waals surface area (Å²) >= 11 is 0. The molecule has 1 aromatic carbocycles. The lowest BCUT2D eigenvalue weighted by molar-refractivity contribution is -0.146. The summed E-state index contributed by atoms with van der Waals surface area (Å²) in [5, 5.41) is 12.1. The van der Waals surface area contributed by atoms with Crippen LogP contribution in [-0.2, 0) is 10.2 Å². The SMILES string of the molecule is O=C(O)C1(c2ccccc2)CNC1. The number of benzene rings is 1. The van der Waals surface area contributed by atoms with Gasteiger partial charge in [0.25, 0.3) is 0 Å². The van der Waals surface area contributed by atoms with E-state index in [0.29, 0.717) is 13.1 Å². The topological polar surface area (TPSA) is 49.3 Å². The first-order valence-electron chi connectivity index (χ1n) is 4.25. The maximum atomic E-state index is 11.1. The Hall–Kier alpha value is -1.35. The van der Waals surface area contributed by atoms with Crippen LogP contribution in [0.25, 0.3) is 0 Å². The quantitative estimate of drug-likeness (QED) is 0.696. The van der Waals surface area contributed by atoms with Gasteiger partial charge in [-0.15, -0.1) is 0 Å². The molecular weight excluding hydrogens is 166 g/mol. The van der Waals surface area contributed by atoms with Crippen LogP contribution in [0.3, 0.4) is 0 Å². The van der Waals surface area contributed by atoms with Crippen LogP contribution in [-0.4, -0.2) is 24.2 Å². The number of rotatable bonds is 2. The Bertz CT molecular complexity index is 317. The number of carbonyl (C=O) groups is 1. The zero-order valence-electron chi connectivity index (χ0n) is 7.16. The number of nitrogens with one attached hydrogen (secondary N) is 1. The average molecular weight is 177 g/mol. The van der Waals surface area contributed by atoms with Crippen molar-refractivity contribution in [2.75, 3.05) is 13.1 Å². The van der Waals surface area contributed by atoms with Gasteiger partial charge in [-0.3, -0.25) is 4.79 Å². The lowest BCUT2D eigenvalue weighted by atomic mass is 9.75. The molecule has 0 unspecified atom stereocenters. The second kappa shape index (κ2) is 2.85. The average Bonchev–Trinajstić information content (AvgIpc) is 2.03. The molecule has 0 amide bonds. The molecule has 0 bridgehead atoms. The van der Waals surface area contributed by atoms with E-state index in [1.165, 1.54) is 0 Å². The Morgan fingerprint density at radius 3 is 2.31 bits per heavy atom. The Morgan fingerprint density at radius 1 is 1.31 bits per heavy atom. The Morgan fingerprint density at radius 2 is 1.92 bits per heavy atom. The molecule has 3 heteroatoms. The molecule has 0 saturated carbocycles. The van der Waals surface area contributed by atoms with Gasteiger partial charge in [-0.2, -0.15) is 0 Å². The highest BCUT2D eigenvalue weighted by Crippen LogP contribution is 2.28. The monoisotopic (exact) mass is 177 g/mol. The molecule has 1 saturated heterocycles. The van der Waals surface area contributed by atoms with Gasteiger partial charge in [0.15, 0.2) is 0 Å². The highest BCUT2D eigenvalue weighted by Gasteiger charge is 2.45. The predicted octanol–water partition coefficient (Wildman–Crippen LogP) is 0.612. The Kier molecular flexibility index (Phi) is 1.81. The number of carboxylic acid groups (broad SMARTS) is 1. The van der Waals surface area contributed by atoms with Crippen molar-refractivity contribution in [2.45, 2.75) is 5.41 Å². The molecule has 2 rings (SSSR count). The van der Waals surface area contributed by atoms with Crippen LogP contribution in [0.4, 0.5) is 0 Å². The van der Waals surface area contributed by atoms with Gasteiger partial charge in [0.1, 0.15) is 5.41 Å². The third-order valence-electron chi connectivity index (χ3n) is 2.59. The molecule has 0 atom stereocenters. The van der Waals surface area contributed by atoms with Gasteiger partial charge in [0, 0.05) is 13.1 Å². The Balaban J connectivity index is 2.38.